The van der Waals surface area contributed by atoms with E-state index in [-0.39, 0.29) is 9.99 Å². The van der Waals surface area contributed by atoms with Crippen molar-refractivity contribution in [3.63, 3.8) is 0 Å². The fraction of sp³-hybridized carbons (Fsp3) is 0.182. The summed E-state index contributed by atoms with van der Waals surface area (Å²) in [7, 11) is 1.70. The van der Waals surface area contributed by atoms with Crippen LogP contribution >= 0.6 is 15.9 Å². The van der Waals surface area contributed by atoms with Crippen LogP contribution in [0.5, 0.6) is 0 Å². The van der Waals surface area contributed by atoms with Crippen LogP contribution in [0.15, 0.2) is 16.6 Å². The Bertz CT molecular complexity index is 570. The zero-order chi connectivity index (χ0) is 11.9. The van der Waals surface area contributed by atoms with E-state index < -0.39 is 11.6 Å². The molecular formula is C11H9BrF2N2. The zero-order valence-corrected chi connectivity index (χ0v) is 10.3. The molecule has 2 aromatic rings. The lowest BCUT2D eigenvalue weighted by Gasteiger charge is -2.10. The second-order valence-electron chi connectivity index (χ2n) is 3.44. The summed E-state index contributed by atoms with van der Waals surface area (Å²) in [6, 6.07) is 2.57. The van der Waals surface area contributed by atoms with Crippen LogP contribution in [-0.2, 0) is 0 Å². The molecule has 0 spiro atoms. The number of fused-ring (bicyclic) bond motifs is 1. The summed E-state index contributed by atoms with van der Waals surface area (Å²) >= 11 is 3.11. The van der Waals surface area contributed by atoms with Gasteiger partial charge in [0.1, 0.15) is 11.3 Å². The molecule has 1 N–H and O–H groups in total. The number of halogens is 3. The highest BCUT2D eigenvalue weighted by Gasteiger charge is 2.15. The Labute approximate surface area is 99.8 Å². The molecule has 2 nitrogen and oxygen atoms in total. The van der Waals surface area contributed by atoms with Gasteiger partial charge in [0.15, 0.2) is 5.82 Å². The molecular weight excluding hydrogens is 278 g/mol. The van der Waals surface area contributed by atoms with E-state index in [0.717, 1.165) is 6.07 Å². The third-order valence-corrected chi connectivity index (χ3v) is 3.10. The summed E-state index contributed by atoms with van der Waals surface area (Å²) in [5.74, 6) is -1.29. The largest absolute Gasteiger partial charge is 0.387 e. The van der Waals surface area contributed by atoms with Gasteiger partial charge in [0, 0.05) is 29.9 Å². The minimum Gasteiger partial charge on any atom is -0.387 e. The van der Waals surface area contributed by atoms with E-state index in [1.807, 2.05) is 0 Å². The molecule has 0 aliphatic rings. The molecule has 0 fully saturated rings. The first-order valence-electron chi connectivity index (χ1n) is 4.67. The summed E-state index contributed by atoms with van der Waals surface area (Å²) in [5, 5.41) is 3.32. The molecule has 2 rings (SSSR count). The van der Waals surface area contributed by atoms with Gasteiger partial charge < -0.3 is 5.32 Å². The van der Waals surface area contributed by atoms with Gasteiger partial charge in [0.2, 0.25) is 0 Å². The van der Waals surface area contributed by atoms with Crippen molar-refractivity contribution in [3.8, 4) is 0 Å². The monoisotopic (exact) mass is 286 g/mol. The molecule has 0 saturated carbocycles. The van der Waals surface area contributed by atoms with E-state index in [9.17, 15) is 8.78 Å². The minimum atomic E-state index is -0.657. The van der Waals surface area contributed by atoms with Crippen LogP contribution < -0.4 is 5.32 Å². The summed E-state index contributed by atoms with van der Waals surface area (Å²) < 4.78 is 27.2. The van der Waals surface area contributed by atoms with Gasteiger partial charge >= 0.3 is 0 Å². The Kier molecular flexibility index (Phi) is 2.80. The van der Waals surface area contributed by atoms with E-state index >= 15 is 0 Å². The smallest absolute Gasteiger partial charge is 0.152 e. The van der Waals surface area contributed by atoms with Gasteiger partial charge in [-0.05, 0) is 28.9 Å². The molecule has 16 heavy (non-hydrogen) atoms. The van der Waals surface area contributed by atoms with Gasteiger partial charge in [-0.2, -0.15) is 0 Å². The Hall–Kier alpha value is -1.23. The zero-order valence-electron chi connectivity index (χ0n) is 8.74. The van der Waals surface area contributed by atoms with Crippen LogP contribution in [-0.4, -0.2) is 12.0 Å². The predicted molar refractivity (Wildman–Crippen MR) is 63.6 cm³/mol. The van der Waals surface area contributed by atoms with E-state index in [4.69, 9.17) is 0 Å². The Morgan fingerprint density at radius 3 is 2.56 bits per heavy atom. The number of hydrogen-bond donors (Lipinski definition) is 1. The van der Waals surface area contributed by atoms with Crippen LogP contribution in [0.3, 0.4) is 0 Å². The first-order chi connectivity index (χ1) is 7.54. The van der Waals surface area contributed by atoms with Crippen molar-refractivity contribution in [3.05, 3.63) is 33.9 Å². The number of aryl methyl sites for hydroxylation is 1. The molecule has 0 aliphatic carbocycles. The van der Waals surface area contributed by atoms with Crippen LogP contribution in [0.4, 0.5) is 14.5 Å². The highest BCUT2D eigenvalue weighted by atomic mass is 79.9. The van der Waals surface area contributed by atoms with Crippen molar-refractivity contribution in [2.24, 2.45) is 0 Å². The van der Waals surface area contributed by atoms with Crippen molar-refractivity contribution >= 4 is 32.5 Å². The lowest BCUT2D eigenvalue weighted by molar-refractivity contribution is 0.586. The van der Waals surface area contributed by atoms with E-state index in [1.165, 1.54) is 0 Å². The summed E-state index contributed by atoms with van der Waals surface area (Å²) in [6.45, 7) is 1.76. The first kappa shape index (κ1) is 11.3. The van der Waals surface area contributed by atoms with E-state index in [1.54, 1.807) is 20.0 Å². The van der Waals surface area contributed by atoms with Crippen molar-refractivity contribution < 1.29 is 8.78 Å². The van der Waals surface area contributed by atoms with Gasteiger partial charge in [-0.1, -0.05) is 0 Å². The lowest BCUT2D eigenvalue weighted by atomic mass is 10.1. The standard InChI is InChI=1S/C11H9BrF2N2/c1-5-3-8(15-2)9-10(12)6(13)4-7(14)11(9)16-5/h3-4H,1-2H3,(H,15,16). The van der Waals surface area contributed by atoms with Crippen LogP contribution in [0.25, 0.3) is 10.9 Å². The molecule has 0 aliphatic heterocycles. The molecule has 0 saturated heterocycles. The molecule has 1 heterocycles. The molecule has 1 aromatic carbocycles. The average molecular weight is 287 g/mol. The van der Waals surface area contributed by atoms with Gasteiger partial charge in [-0.3, -0.25) is 0 Å². The quantitative estimate of drug-likeness (QED) is 0.810. The van der Waals surface area contributed by atoms with E-state index in [0.29, 0.717) is 16.8 Å². The molecule has 5 heteroatoms. The second kappa shape index (κ2) is 3.97. The molecule has 1 aromatic heterocycles. The van der Waals surface area contributed by atoms with Crippen LogP contribution in [0.2, 0.25) is 0 Å². The number of aromatic nitrogens is 1. The van der Waals surface area contributed by atoms with Crippen LogP contribution in [0.1, 0.15) is 5.69 Å². The number of pyridine rings is 1. The molecule has 0 bridgehead atoms. The molecule has 0 radical (unpaired) electrons. The SMILES string of the molecule is CNc1cc(C)nc2c(F)cc(F)c(Br)c12. The maximum atomic E-state index is 13.6. The molecule has 0 atom stereocenters. The number of rotatable bonds is 1. The number of nitrogens with zero attached hydrogens (tertiary/aromatic N) is 1. The van der Waals surface area contributed by atoms with Gasteiger partial charge in [-0.25, -0.2) is 13.8 Å². The number of hydrogen-bond acceptors (Lipinski definition) is 2. The fourth-order valence-corrected chi connectivity index (χ4v) is 2.14. The van der Waals surface area contributed by atoms with Crippen molar-refractivity contribution in [2.75, 3.05) is 12.4 Å². The van der Waals surface area contributed by atoms with E-state index in [2.05, 4.69) is 26.2 Å². The number of nitrogens with one attached hydrogen (secondary N) is 1. The van der Waals surface area contributed by atoms with Crippen molar-refractivity contribution in [1.82, 2.24) is 4.98 Å². The topological polar surface area (TPSA) is 24.9 Å². The lowest BCUT2D eigenvalue weighted by Crippen LogP contribution is -1.97. The maximum absolute atomic E-state index is 13.6. The molecule has 0 unspecified atom stereocenters. The summed E-state index contributed by atoms with van der Waals surface area (Å²) in [5.41, 5.74) is 1.49. The minimum absolute atomic E-state index is 0.164. The maximum Gasteiger partial charge on any atom is 0.152 e. The number of anilines is 1. The highest BCUT2D eigenvalue weighted by molar-refractivity contribution is 9.10. The third kappa shape index (κ3) is 1.65. The number of benzene rings is 1. The van der Waals surface area contributed by atoms with Gasteiger partial charge in [0.05, 0.1) is 4.47 Å². The highest BCUT2D eigenvalue weighted by Crippen LogP contribution is 2.33. The van der Waals surface area contributed by atoms with Crippen LogP contribution in [0, 0.1) is 18.6 Å². The molecule has 84 valence electrons. The van der Waals surface area contributed by atoms with Gasteiger partial charge in [-0.15, -0.1) is 0 Å². The summed E-state index contributed by atoms with van der Waals surface area (Å²) in [4.78, 5) is 4.07. The Morgan fingerprint density at radius 2 is 1.94 bits per heavy atom. The first-order valence-corrected chi connectivity index (χ1v) is 5.46. The third-order valence-electron chi connectivity index (χ3n) is 2.33. The summed E-state index contributed by atoms with van der Waals surface area (Å²) in [6.07, 6.45) is 0. The van der Waals surface area contributed by atoms with Gasteiger partial charge in [0.25, 0.3) is 0 Å². The second-order valence-corrected chi connectivity index (χ2v) is 4.23. The van der Waals surface area contributed by atoms with Crippen molar-refractivity contribution in [2.45, 2.75) is 6.92 Å². The Morgan fingerprint density at radius 1 is 1.25 bits per heavy atom. The normalized spacial score (nSPS) is 10.8. The average Bonchev–Trinajstić information content (AvgIpc) is 2.25. The van der Waals surface area contributed by atoms with Crippen molar-refractivity contribution in [1.29, 1.82) is 0 Å². The Balaban J connectivity index is 2.99. The fourth-order valence-electron chi connectivity index (χ4n) is 1.63. The molecule has 0 amide bonds. The predicted octanol–water partition coefficient (Wildman–Crippen LogP) is 3.63.